The van der Waals surface area contributed by atoms with Gasteiger partial charge in [0.1, 0.15) is 15.9 Å². The van der Waals surface area contributed by atoms with Crippen molar-refractivity contribution in [3.8, 4) is 0 Å². The fourth-order valence-electron chi connectivity index (χ4n) is 1.96. The van der Waals surface area contributed by atoms with Crippen molar-refractivity contribution < 1.29 is 9.18 Å². The summed E-state index contributed by atoms with van der Waals surface area (Å²) < 4.78 is 14.5. The number of rotatable bonds is 3. The van der Waals surface area contributed by atoms with Crippen molar-refractivity contribution in [2.45, 2.75) is 5.75 Å². The van der Waals surface area contributed by atoms with E-state index >= 15 is 0 Å². The van der Waals surface area contributed by atoms with Crippen molar-refractivity contribution in [3.05, 3.63) is 75.2 Å². The van der Waals surface area contributed by atoms with Gasteiger partial charge in [-0.3, -0.25) is 4.79 Å². The van der Waals surface area contributed by atoms with Gasteiger partial charge in [-0.05, 0) is 47.7 Å². The van der Waals surface area contributed by atoms with Crippen LogP contribution in [-0.2, 0) is 10.5 Å². The molecule has 2 aromatic rings. The second-order valence-electron chi connectivity index (χ2n) is 4.85. The number of hydrogen-bond acceptors (Lipinski definition) is 4. The molecule has 0 saturated carbocycles. The van der Waals surface area contributed by atoms with Crippen LogP contribution in [0.5, 0.6) is 0 Å². The molecule has 2 aromatic carbocycles. The molecule has 0 spiro atoms. The van der Waals surface area contributed by atoms with E-state index in [9.17, 15) is 9.18 Å². The summed E-state index contributed by atoms with van der Waals surface area (Å²) >= 11 is 14.3. The Hall–Kier alpha value is -1.27. The highest BCUT2D eigenvalue weighted by Gasteiger charge is 2.23. The smallest absolute Gasteiger partial charge is 0.244 e. The molecule has 0 fully saturated rings. The Morgan fingerprint density at radius 3 is 2.62 bits per heavy atom. The predicted molar refractivity (Wildman–Crippen MR) is 102 cm³/mol. The maximum atomic E-state index is 13.8. The Bertz CT molecular complexity index is 830. The predicted octanol–water partition coefficient (Wildman–Crippen LogP) is 6.04. The molecule has 0 atom stereocenters. The van der Waals surface area contributed by atoms with E-state index in [-0.39, 0.29) is 21.4 Å². The van der Waals surface area contributed by atoms with Gasteiger partial charge in [-0.15, -0.1) is 0 Å². The van der Waals surface area contributed by atoms with E-state index in [1.54, 1.807) is 6.07 Å². The van der Waals surface area contributed by atoms with Gasteiger partial charge in [0.25, 0.3) is 0 Å². The summed E-state index contributed by atoms with van der Waals surface area (Å²) in [7, 11) is 0. The molecule has 1 heterocycles. The molecule has 0 unspecified atom stereocenters. The number of hydrogen-bond donors (Lipinski definition) is 0. The number of benzene rings is 2. The zero-order chi connectivity index (χ0) is 17.1. The minimum atomic E-state index is -0.481. The van der Waals surface area contributed by atoms with Gasteiger partial charge >= 0.3 is 0 Å². The van der Waals surface area contributed by atoms with Crippen molar-refractivity contribution in [1.29, 1.82) is 0 Å². The molecule has 122 valence electrons. The standard InChI is InChI=1S/C17H10Cl2FNOS2/c18-11-6-4-10(5-7-11)9-23-17-21-15(16(22)24-17)8-12-13(19)2-1-3-14(12)20/h1-8H,9H2/b15-8+. The van der Waals surface area contributed by atoms with E-state index < -0.39 is 5.82 Å². The molecule has 0 radical (unpaired) electrons. The quantitative estimate of drug-likeness (QED) is 0.591. The molecule has 0 aromatic heterocycles. The highest BCUT2D eigenvalue weighted by atomic mass is 35.5. The van der Waals surface area contributed by atoms with Crippen molar-refractivity contribution in [1.82, 2.24) is 0 Å². The summed E-state index contributed by atoms with van der Waals surface area (Å²) in [6.07, 6.45) is 1.39. The zero-order valence-corrected chi connectivity index (χ0v) is 15.3. The number of halogens is 3. The maximum Gasteiger partial charge on any atom is 0.244 e. The monoisotopic (exact) mass is 397 g/mol. The third kappa shape index (κ3) is 4.22. The first-order valence-electron chi connectivity index (χ1n) is 6.87. The summed E-state index contributed by atoms with van der Waals surface area (Å²) in [5, 5.41) is 0.712. The third-order valence-corrected chi connectivity index (χ3v) is 5.82. The second kappa shape index (κ2) is 7.74. The number of aliphatic imine (C=N–C) groups is 1. The van der Waals surface area contributed by atoms with Crippen LogP contribution in [0.1, 0.15) is 11.1 Å². The van der Waals surface area contributed by atoms with Crippen molar-refractivity contribution >= 4 is 62.3 Å². The summed E-state index contributed by atoms with van der Waals surface area (Å²) in [6, 6.07) is 11.9. The fourth-order valence-corrected chi connectivity index (χ4v) is 4.10. The van der Waals surface area contributed by atoms with Gasteiger partial charge in [-0.25, -0.2) is 9.38 Å². The van der Waals surface area contributed by atoms with Crippen molar-refractivity contribution in [2.24, 2.45) is 4.99 Å². The minimum Gasteiger partial charge on any atom is -0.279 e. The number of thioether (sulfide) groups is 2. The van der Waals surface area contributed by atoms with Gasteiger partial charge in [-0.2, -0.15) is 0 Å². The lowest BCUT2D eigenvalue weighted by Crippen LogP contribution is -1.90. The Morgan fingerprint density at radius 2 is 1.92 bits per heavy atom. The number of nitrogens with zero attached hydrogens (tertiary/aromatic N) is 1. The summed E-state index contributed by atoms with van der Waals surface area (Å²) in [5.41, 5.74) is 1.45. The van der Waals surface area contributed by atoms with Crippen LogP contribution in [0.3, 0.4) is 0 Å². The Kier molecular flexibility index (Phi) is 5.66. The van der Waals surface area contributed by atoms with Crippen LogP contribution in [0.2, 0.25) is 10.0 Å². The average Bonchev–Trinajstić information content (AvgIpc) is 2.90. The molecule has 0 saturated heterocycles. The molecule has 1 aliphatic heterocycles. The maximum absolute atomic E-state index is 13.8. The van der Waals surface area contributed by atoms with Crippen molar-refractivity contribution in [2.75, 3.05) is 0 Å². The SMILES string of the molecule is O=C1SC(SCc2ccc(Cl)cc2)=N/C1=C/c1c(F)cccc1Cl. The highest BCUT2D eigenvalue weighted by molar-refractivity contribution is 8.45. The topological polar surface area (TPSA) is 29.4 Å². The normalized spacial score (nSPS) is 15.9. The van der Waals surface area contributed by atoms with Crippen LogP contribution in [0.4, 0.5) is 4.39 Å². The Labute approximate surface area is 157 Å². The Balaban J connectivity index is 1.75. The molecule has 0 amide bonds. The van der Waals surface area contributed by atoms with Crippen LogP contribution in [0, 0.1) is 5.82 Å². The van der Waals surface area contributed by atoms with Crippen LogP contribution < -0.4 is 0 Å². The minimum absolute atomic E-state index is 0.177. The Morgan fingerprint density at radius 1 is 1.17 bits per heavy atom. The fraction of sp³-hybridized carbons (Fsp3) is 0.0588. The molecule has 2 nitrogen and oxygen atoms in total. The van der Waals surface area contributed by atoms with Crippen LogP contribution >= 0.6 is 46.7 Å². The third-order valence-electron chi connectivity index (χ3n) is 3.16. The summed E-state index contributed by atoms with van der Waals surface area (Å²) in [6.45, 7) is 0. The van der Waals surface area contributed by atoms with E-state index in [0.717, 1.165) is 17.3 Å². The van der Waals surface area contributed by atoms with Gasteiger partial charge in [0.2, 0.25) is 5.12 Å². The molecular weight excluding hydrogens is 388 g/mol. The largest absolute Gasteiger partial charge is 0.279 e. The first-order valence-corrected chi connectivity index (χ1v) is 9.42. The molecule has 1 aliphatic rings. The number of carbonyl (C=O) groups is 1. The van der Waals surface area contributed by atoms with Crippen LogP contribution in [0.15, 0.2) is 53.2 Å². The van der Waals surface area contributed by atoms with E-state index in [1.807, 2.05) is 24.3 Å². The first-order chi connectivity index (χ1) is 11.5. The van der Waals surface area contributed by atoms with Gasteiger partial charge in [0, 0.05) is 16.3 Å². The summed E-state index contributed by atoms with van der Waals surface area (Å²) in [5.74, 6) is 0.189. The lowest BCUT2D eigenvalue weighted by molar-refractivity contribution is -0.107. The number of carbonyl (C=O) groups excluding carboxylic acids is 1. The van der Waals surface area contributed by atoms with E-state index in [4.69, 9.17) is 23.2 Å². The summed E-state index contributed by atoms with van der Waals surface area (Å²) in [4.78, 5) is 16.3. The van der Waals surface area contributed by atoms with Crippen LogP contribution in [0.25, 0.3) is 6.08 Å². The zero-order valence-electron chi connectivity index (χ0n) is 12.1. The highest BCUT2D eigenvalue weighted by Crippen LogP contribution is 2.34. The van der Waals surface area contributed by atoms with Crippen molar-refractivity contribution in [3.63, 3.8) is 0 Å². The molecule has 24 heavy (non-hydrogen) atoms. The van der Waals surface area contributed by atoms with Gasteiger partial charge in [0.05, 0.1) is 5.02 Å². The van der Waals surface area contributed by atoms with E-state index in [1.165, 1.54) is 30.0 Å². The van der Waals surface area contributed by atoms with Gasteiger partial charge < -0.3 is 0 Å². The molecule has 0 N–H and O–H groups in total. The molecule has 7 heteroatoms. The molecular formula is C17H10Cl2FNOS2. The van der Waals surface area contributed by atoms with E-state index in [2.05, 4.69) is 4.99 Å². The van der Waals surface area contributed by atoms with Gasteiger partial charge in [-0.1, -0.05) is 53.2 Å². The van der Waals surface area contributed by atoms with E-state index in [0.29, 0.717) is 15.2 Å². The van der Waals surface area contributed by atoms with Crippen LogP contribution in [-0.4, -0.2) is 9.49 Å². The molecule has 0 aliphatic carbocycles. The lowest BCUT2D eigenvalue weighted by atomic mass is 10.2. The van der Waals surface area contributed by atoms with Gasteiger partial charge in [0.15, 0.2) is 0 Å². The molecule has 3 rings (SSSR count). The lowest BCUT2D eigenvalue weighted by Gasteiger charge is -2.00. The second-order valence-corrected chi connectivity index (χ2v) is 7.87. The first kappa shape index (κ1) is 17.5. The molecule has 0 bridgehead atoms. The average molecular weight is 398 g/mol.